The van der Waals surface area contributed by atoms with E-state index in [1.165, 1.54) is 12.1 Å². The summed E-state index contributed by atoms with van der Waals surface area (Å²) in [6, 6.07) is 8.66. The van der Waals surface area contributed by atoms with E-state index >= 15 is 0 Å². The largest absolute Gasteiger partial charge is 0.376 e. The molecule has 0 aliphatic carbocycles. The molecule has 0 saturated heterocycles. The van der Waals surface area contributed by atoms with Gasteiger partial charge in [-0.25, -0.2) is 8.42 Å². The summed E-state index contributed by atoms with van der Waals surface area (Å²) in [5.41, 5.74) is 5.16. The zero-order valence-corrected chi connectivity index (χ0v) is 18.2. The highest BCUT2D eigenvalue weighted by atomic mass is 32.2. The summed E-state index contributed by atoms with van der Waals surface area (Å²) in [5, 5.41) is 8.30. The van der Waals surface area contributed by atoms with Crippen molar-refractivity contribution < 1.29 is 18.0 Å². The van der Waals surface area contributed by atoms with E-state index in [1.54, 1.807) is 6.07 Å². The van der Waals surface area contributed by atoms with Gasteiger partial charge in [0.05, 0.1) is 18.0 Å². The van der Waals surface area contributed by atoms with Crippen molar-refractivity contribution in [3.8, 4) is 0 Å². The van der Waals surface area contributed by atoms with Gasteiger partial charge in [-0.15, -0.1) is 0 Å². The maximum Gasteiger partial charge on any atom is 0.243 e. The molecule has 0 bridgehead atoms. The summed E-state index contributed by atoms with van der Waals surface area (Å²) in [6.07, 6.45) is 1.13. The first-order valence-corrected chi connectivity index (χ1v) is 11.1. The first kappa shape index (κ1) is 22.4. The maximum atomic E-state index is 12.2. The summed E-state index contributed by atoms with van der Waals surface area (Å²) in [6.45, 7) is 7.41. The number of sulfone groups is 1. The lowest BCUT2D eigenvalue weighted by Gasteiger charge is -2.14. The molecule has 0 spiro atoms. The minimum absolute atomic E-state index is 0.0794. The van der Waals surface area contributed by atoms with Crippen molar-refractivity contribution in [2.45, 2.75) is 32.6 Å². The summed E-state index contributed by atoms with van der Waals surface area (Å²) in [7, 11) is -3.34. The minimum atomic E-state index is -3.34. The summed E-state index contributed by atoms with van der Waals surface area (Å²) >= 11 is 0. The molecule has 0 heterocycles. The maximum absolute atomic E-state index is 12.2. The molecular formula is C21H27N3O4S. The average molecular weight is 418 g/mol. The summed E-state index contributed by atoms with van der Waals surface area (Å²) in [4.78, 5) is 24.4. The van der Waals surface area contributed by atoms with Gasteiger partial charge in [0.25, 0.3) is 0 Å². The molecule has 3 N–H and O–H groups in total. The molecule has 2 aromatic carbocycles. The highest BCUT2D eigenvalue weighted by Gasteiger charge is 2.12. The van der Waals surface area contributed by atoms with E-state index in [0.717, 1.165) is 34.2 Å². The number of rotatable bonds is 7. The number of hydrogen-bond acceptors (Lipinski definition) is 5. The van der Waals surface area contributed by atoms with Crippen molar-refractivity contribution in [3.05, 3.63) is 52.6 Å². The molecule has 0 radical (unpaired) electrons. The molecule has 8 heteroatoms. The number of hydrogen-bond donors (Lipinski definition) is 3. The molecule has 156 valence electrons. The van der Waals surface area contributed by atoms with Gasteiger partial charge in [-0.2, -0.15) is 0 Å². The van der Waals surface area contributed by atoms with Crippen LogP contribution >= 0.6 is 0 Å². The smallest absolute Gasteiger partial charge is 0.243 e. The highest BCUT2D eigenvalue weighted by molar-refractivity contribution is 7.90. The Balaban J connectivity index is 1.90. The van der Waals surface area contributed by atoms with Gasteiger partial charge in [0.15, 0.2) is 9.84 Å². The summed E-state index contributed by atoms with van der Waals surface area (Å²) in [5.74, 6) is -0.690. The predicted molar refractivity (Wildman–Crippen MR) is 115 cm³/mol. The van der Waals surface area contributed by atoms with Crippen molar-refractivity contribution in [1.82, 2.24) is 5.32 Å². The summed E-state index contributed by atoms with van der Waals surface area (Å²) < 4.78 is 23.4. The third kappa shape index (κ3) is 6.32. The molecule has 7 nitrogen and oxygen atoms in total. The molecule has 2 rings (SSSR count). The molecule has 0 atom stereocenters. The van der Waals surface area contributed by atoms with Crippen LogP contribution in [-0.4, -0.2) is 39.6 Å². The van der Waals surface area contributed by atoms with Crippen molar-refractivity contribution in [2.24, 2.45) is 0 Å². The Labute approximate surface area is 171 Å². The van der Waals surface area contributed by atoms with Crippen LogP contribution in [0.15, 0.2) is 35.2 Å². The van der Waals surface area contributed by atoms with Gasteiger partial charge >= 0.3 is 0 Å². The molecule has 0 aromatic heterocycles. The fourth-order valence-corrected chi connectivity index (χ4v) is 3.65. The zero-order valence-electron chi connectivity index (χ0n) is 17.3. The zero-order chi connectivity index (χ0) is 21.8. The van der Waals surface area contributed by atoms with Crippen LogP contribution in [0.25, 0.3) is 0 Å². The lowest BCUT2D eigenvalue weighted by molar-refractivity contribution is -0.122. The van der Waals surface area contributed by atoms with E-state index in [4.69, 9.17) is 0 Å². The van der Waals surface area contributed by atoms with Crippen LogP contribution in [0, 0.1) is 27.7 Å². The second-order valence-electron chi connectivity index (χ2n) is 7.20. The Kier molecular flexibility index (Phi) is 7.02. The van der Waals surface area contributed by atoms with E-state index in [0.29, 0.717) is 5.69 Å². The first-order chi connectivity index (χ1) is 13.5. The van der Waals surface area contributed by atoms with Gasteiger partial charge in [0, 0.05) is 17.6 Å². The topological polar surface area (TPSA) is 104 Å². The van der Waals surface area contributed by atoms with Crippen LogP contribution in [0.1, 0.15) is 22.3 Å². The fraction of sp³-hybridized carbons (Fsp3) is 0.333. The monoisotopic (exact) mass is 417 g/mol. The van der Waals surface area contributed by atoms with Crippen LogP contribution in [0.4, 0.5) is 11.4 Å². The average Bonchev–Trinajstić information content (AvgIpc) is 2.61. The minimum Gasteiger partial charge on any atom is -0.376 e. The van der Waals surface area contributed by atoms with Gasteiger partial charge < -0.3 is 16.0 Å². The fourth-order valence-electron chi connectivity index (χ4n) is 3.00. The van der Waals surface area contributed by atoms with Crippen LogP contribution < -0.4 is 16.0 Å². The quantitative estimate of drug-likeness (QED) is 0.642. The van der Waals surface area contributed by atoms with E-state index < -0.39 is 9.84 Å². The molecule has 2 aromatic rings. The van der Waals surface area contributed by atoms with Gasteiger partial charge in [0.2, 0.25) is 11.8 Å². The lowest BCUT2D eigenvalue weighted by Crippen LogP contribution is -2.36. The Bertz CT molecular complexity index is 1020. The Morgan fingerprint density at radius 1 is 0.862 bits per heavy atom. The molecule has 29 heavy (non-hydrogen) atoms. The van der Waals surface area contributed by atoms with Crippen molar-refractivity contribution >= 4 is 33.0 Å². The number of nitrogens with one attached hydrogen (secondary N) is 3. The van der Waals surface area contributed by atoms with Crippen LogP contribution in [0.2, 0.25) is 0 Å². The molecule has 0 saturated carbocycles. The molecule has 0 unspecified atom stereocenters. The van der Waals surface area contributed by atoms with Crippen LogP contribution in [-0.2, 0) is 19.4 Å². The van der Waals surface area contributed by atoms with Crippen molar-refractivity contribution in [2.75, 3.05) is 30.0 Å². The van der Waals surface area contributed by atoms with E-state index in [-0.39, 0.29) is 29.8 Å². The van der Waals surface area contributed by atoms with Crippen molar-refractivity contribution in [1.29, 1.82) is 0 Å². The number of benzene rings is 2. The number of carbonyl (C=O) groups is 2. The van der Waals surface area contributed by atoms with Gasteiger partial charge in [-0.3, -0.25) is 9.59 Å². The van der Waals surface area contributed by atoms with Crippen molar-refractivity contribution in [3.63, 3.8) is 0 Å². The van der Waals surface area contributed by atoms with Gasteiger partial charge in [0.1, 0.15) is 0 Å². The van der Waals surface area contributed by atoms with E-state index in [9.17, 15) is 18.0 Å². The van der Waals surface area contributed by atoms with E-state index in [2.05, 4.69) is 16.0 Å². The molecule has 0 aliphatic rings. The Morgan fingerprint density at radius 3 is 2.07 bits per heavy atom. The van der Waals surface area contributed by atoms with Gasteiger partial charge in [-0.05, 0) is 56.5 Å². The van der Waals surface area contributed by atoms with Gasteiger partial charge in [-0.1, -0.05) is 23.8 Å². The number of anilines is 2. The number of aryl methyl sites for hydroxylation is 4. The second-order valence-corrected chi connectivity index (χ2v) is 9.22. The molecular weight excluding hydrogens is 390 g/mol. The van der Waals surface area contributed by atoms with E-state index in [1.807, 2.05) is 39.8 Å². The predicted octanol–water partition coefficient (Wildman–Crippen LogP) is 2.49. The molecule has 0 aliphatic heterocycles. The highest BCUT2D eigenvalue weighted by Crippen LogP contribution is 2.22. The first-order valence-electron chi connectivity index (χ1n) is 9.16. The number of carbonyl (C=O) groups excluding carboxylic acids is 2. The Morgan fingerprint density at radius 2 is 1.48 bits per heavy atom. The Hall–Kier alpha value is -2.87. The second kappa shape index (κ2) is 9.09. The molecule has 2 amide bonds. The standard InChI is InChI=1S/C21H27N3O4S/c1-13-8-15(3)21(16(4)9-13)24-20(26)12-23-19(25)11-22-18-10-17(29(5,27)28)7-6-14(18)2/h6-10,22H,11-12H2,1-5H3,(H,23,25)(H,24,26). The molecule has 0 fully saturated rings. The van der Waals surface area contributed by atoms with Crippen LogP contribution in [0.3, 0.4) is 0 Å². The third-order valence-corrected chi connectivity index (χ3v) is 5.57. The normalized spacial score (nSPS) is 11.1. The number of amides is 2. The lowest BCUT2D eigenvalue weighted by atomic mass is 10.1. The van der Waals surface area contributed by atoms with Crippen LogP contribution in [0.5, 0.6) is 0 Å². The third-order valence-electron chi connectivity index (χ3n) is 4.46. The SMILES string of the molecule is Cc1cc(C)c(NC(=O)CNC(=O)CNc2cc(S(C)(=O)=O)ccc2C)c(C)c1.